The number of carbonyl (C=O) groups excluding carboxylic acids is 1. The van der Waals surface area contributed by atoms with E-state index in [-0.39, 0.29) is 11.7 Å². The molecule has 0 saturated heterocycles. The van der Waals surface area contributed by atoms with Gasteiger partial charge in [-0.1, -0.05) is 30.4 Å². The summed E-state index contributed by atoms with van der Waals surface area (Å²) in [5.74, 6) is -0.121. The first kappa shape index (κ1) is 14.9. The van der Waals surface area contributed by atoms with E-state index in [2.05, 4.69) is 10.1 Å². The van der Waals surface area contributed by atoms with Crippen LogP contribution in [0.25, 0.3) is 0 Å². The van der Waals surface area contributed by atoms with Crippen molar-refractivity contribution in [1.82, 2.24) is 5.32 Å². The molecule has 1 aromatic carbocycles. The molecular weight excluding hydrogens is 252 g/mol. The highest BCUT2D eigenvalue weighted by Crippen LogP contribution is 2.14. The lowest BCUT2D eigenvalue weighted by Gasteiger charge is -2.06. The summed E-state index contributed by atoms with van der Waals surface area (Å²) in [6.07, 6.45) is 6.60. The first-order valence-electron chi connectivity index (χ1n) is 5.72. The van der Waals surface area contributed by atoms with E-state index in [9.17, 15) is 13.6 Å². The summed E-state index contributed by atoms with van der Waals surface area (Å²) in [5.41, 5.74) is 0.800. The Bertz CT molecular complexity index is 453. The van der Waals surface area contributed by atoms with Crippen molar-refractivity contribution in [2.24, 2.45) is 0 Å². The van der Waals surface area contributed by atoms with Gasteiger partial charge in [-0.3, -0.25) is 4.79 Å². The molecular formula is C14H15F2NO2. The van der Waals surface area contributed by atoms with Crippen LogP contribution < -0.4 is 10.1 Å². The van der Waals surface area contributed by atoms with E-state index >= 15 is 0 Å². The zero-order valence-corrected chi connectivity index (χ0v) is 10.5. The number of hydrogen-bond donors (Lipinski definition) is 1. The van der Waals surface area contributed by atoms with Crippen molar-refractivity contribution in [2.45, 2.75) is 20.1 Å². The van der Waals surface area contributed by atoms with Gasteiger partial charge >= 0.3 is 6.61 Å². The summed E-state index contributed by atoms with van der Waals surface area (Å²) in [5, 5.41) is 2.67. The fraction of sp³-hybridized carbons (Fsp3) is 0.214. The molecule has 1 amide bonds. The molecule has 0 spiro atoms. The highest BCUT2D eigenvalue weighted by molar-refractivity contribution is 5.87. The maximum Gasteiger partial charge on any atom is 0.387 e. The first-order chi connectivity index (χ1) is 9.11. The van der Waals surface area contributed by atoms with Crippen LogP contribution in [0.4, 0.5) is 8.78 Å². The summed E-state index contributed by atoms with van der Waals surface area (Å²) in [7, 11) is 0. The number of halogens is 2. The smallest absolute Gasteiger partial charge is 0.387 e. The molecule has 0 atom stereocenters. The van der Waals surface area contributed by atoms with Crippen molar-refractivity contribution in [1.29, 1.82) is 0 Å². The number of hydrogen-bond acceptors (Lipinski definition) is 2. The largest absolute Gasteiger partial charge is 0.435 e. The number of benzene rings is 1. The highest BCUT2D eigenvalue weighted by atomic mass is 19.3. The van der Waals surface area contributed by atoms with Crippen LogP contribution in [-0.2, 0) is 11.3 Å². The molecule has 0 heterocycles. The van der Waals surface area contributed by atoms with E-state index in [1.807, 2.05) is 13.0 Å². The Kier molecular flexibility index (Phi) is 6.29. The lowest BCUT2D eigenvalue weighted by molar-refractivity contribution is -0.116. The van der Waals surface area contributed by atoms with Gasteiger partial charge in [0.2, 0.25) is 5.91 Å². The van der Waals surface area contributed by atoms with Crippen molar-refractivity contribution in [3.05, 3.63) is 54.1 Å². The molecule has 0 aliphatic heterocycles. The Morgan fingerprint density at radius 3 is 2.58 bits per heavy atom. The summed E-state index contributed by atoms with van der Waals surface area (Å²) >= 11 is 0. The molecule has 5 heteroatoms. The van der Waals surface area contributed by atoms with Gasteiger partial charge in [0.05, 0.1) is 0 Å². The van der Waals surface area contributed by atoms with E-state index in [0.29, 0.717) is 6.54 Å². The number of allylic oxidation sites excluding steroid dienone is 3. The van der Waals surface area contributed by atoms with Crippen molar-refractivity contribution in [2.75, 3.05) is 0 Å². The predicted molar refractivity (Wildman–Crippen MR) is 68.9 cm³/mol. The molecule has 1 N–H and O–H groups in total. The average molecular weight is 267 g/mol. The van der Waals surface area contributed by atoms with Gasteiger partial charge in [0, 0.05) is 12.6 Å². The second-order valence-corrected chi connectivity index (χ2v) is 3.63. The minimum Gasteiger partial charge on any atom is -0.435 e. The van der Waals surface area contributed by atoms with Gasteiger partial charge in [-0.2, -0.15) is 8.78 Å². The van der Waals surface area contributed by atoms with Crippen LogP contribution in [0, 0.1) is 0 Å². The standard InChI is InChI=1S/C14H15F2NO2/c1-2-3-4-5-13(18)17-10-11-6-8-12(9-7-11)19-14(15)16/h2-9,14H,10H2,1H3,(H,17,18). The fourth-order valence-corrected chi connectivity index (χ4v) is 1.29. The minimum absolute atomic E-state index is 0.0954. The van der Waals surface area contributed by atoms with E-state index in [1.54, 1.807) is 24.3 Å². The molecule has 0 fully saturated rings. The Morgan fingerprint density at radius 2 is 2.00 bits per heavy atom. The zero-order chi connectivity index (χ0) is 14.1. The van der Waals surface area contributed by atoms with Crippen LogP contribution in [0.2, 0.25) is 0 Å². The summed E-state index contributed by atoms with van der Waals surface area (Å²) in [6.45, 7) is -0.651. The predicted octanol–water partition coefficient (Wildman–Crippen LogP) is 3.04. The molecule has 0 aromatic heterocycles. The SMILES string of the molecule is CC=CC=CC(=O)NCc1ccc(OC(F)F)cc1. The van der Waals surface area contributed by atoms with E-state index < -0.39 is 6.61 Å². The maximum atomic E-state index is 11.9. The molecule has 102 valence electrons. The van der Waals surface area contributed by atoms with Gasteiger partial charge in [-0.15, -0.1) is 0 Å². The molecule has 0 unspecified atom stereocenters. The topological polar surface area (TPSA) is 38.3 Å². The zero-order valence-electron chi connectivity index (χ0n) is 10.5. The molecule has 19 heavy (non-hydrogen) atoms. The molecule has 1 rings (SSSR count). The molecule has 0 radical (unpaired) electrons. The Balaban J connectivity index is 2.43. The van der Waals surface area contributed by atoms with Crippen LogP contribution in [0.1, 0.15) is 12.5 Å². The second kappa shape index (κ2) is 8.02. The summed E-state index contributed by atoms with van der Waals surface area (Å²) in [4.78, 5) is 11.3. The Hall–Kier alpha value is -2.17. The molecule has 1 aromatic rings. The van der Waals surface area contributed by atoms with Crippen molar-refractivity contribution < 1.29 is 18.3 Å². The second-order valence-electron chi connectivity index (χ2n) is 3.63. The number of alkyl halides is 2. The van der Waals surface area contributed by atoms with Gasteiger partial charge in [0.1, 0.15) is 5.75 Å². The monoisotopic (exact) mass is 267 g/mol. The van der Waals surface area contributed by atoms with Crippen molar-refractivity contribution in [3.8, 4) is 5.75 Å². The van der Waals surface area contributed by atoms with Crippen LogP contribution in [-0.4, -0.2) is 12.5 Å². The van der Waals surface area contributed by atoms with Gasteiger partial charge in [-0.25, -0.2) is 0 Å². The third-order valence-electron chi connectivity index (χ3n) is 2.17. The van der Waals surface area contributed by atoms with Crippen LogP contribution in [0.15, 0.2) is 48.6 Å². The number of carbonyl (C=O) groups is 1. The third-order valence-corrected chi connectivity index (χ3v) is 2.17. The lowest BCUT2D eigenvalue weighted by atomic mass is 10.2. The molecule has 0 bridgehead atoms. The molecule has 0 saturated carbocycles. The van der Waals surface area contributed by atoms with Crippen LogP contribution >= 0.6 is 0 Å². The quantitative estimate of drug-likeness (QED) is 0.635. The molecule has 0 aliphatic rings. The van der Waals surface area contributed by atoms with Gasteiger partial charge in [-0.05, 0) is 24.6 Å². The van der Waals surface area contributed by atoms with Gasteiger partial charge < -0.3 is 10.1 Å². The van der Waals surface area contributed by atoms with Crippen LogP contribution in [0.5, 0.6) is 5.75 Å². The number of ether oxygens (including phenoxy) is 1. The summed E-state index contributed by atoms with van der Waals surface area (Å²) < 4.78 is 28.1. The Morgan fingerprint density at radius 1 is 1.32 bits per heavy atom. The number of amides is 1. The molecule has 0 aliphatic carbocycles. The van der Waals surface area contributed by atoms with Gasteiger partial charge in [0.15, 0.2) is 0 Å². The third kappa shape index (κ3) is 6.35. The Labute approximate surface area is 110 Å². The number of nitrogens with one attached hydrogen (secondary N) is 1. The first-order valence-corrected chi connectivity index (χ1v) is 5.72. The molecule has 3 nitrogen and oxygen atoms in total. The summed E-state index contributed by atoms with van der Waals surface area (Å²) in [6, 6.07) is 6.11. The van der Waals surface area contributed by atoms with E-state index in [4.69, 9.17) is 0 Å². The normalized spacial score (nSPS) is 11.4. The lowest BCUT2D eigenvalue weighted by Crippen LogP contribution is -2.20. The fourth-order valence-electron chi connectivity index (χ4n) is 1.29. The van der Waals surface area contributed by atoms with Crippen molar-refractivity contribution in [3.63, 3.8) is 0 Å². The average Bonchev–Trinajstić information content (AvgIpc) is 2.37. The highest BCUT2D eigenvalue weighted by Gasteiger charge is 2.03. The number of rotatable bonds is 6. The minimum atomic E-state index is -2.83. The van der Waals surface area contributed by atoms with Crippen LogP contribution in [0.3, 0.4) is 0 Å². The van der Waals surface area contributed by atoms with E-state index in [0.717, 1.165) is 5.56 Å². The van der Waals surface area contributed by atoms with Gasteiger partial charge in [0.25, 0.3) is 0 Å². The van der Waals surface area contributed by atoms with E-state index in [1.165, 1.54) is 18.2 Å². The maximum absolute atomic E-state index is 11.9. The van der Waals surface area contributed by atoms with Crippen molar-refractivity contribution >= 4 is 5.91 Å².